The third-order valence-corrected chi connectivity index (χ3v) is 3.68. The fraction of sp³-hybridized carbons (Fsp3) is 0.357. The fourth-order valence-corrected chi connectivity index (χ4v) is 2.33. The maximum Gasteiger partial charge on any atom is 0.233 e. The van der Waals surface area contributed by atoms with Crippen molar-refractivity contribution < 1.29 is 4.79 Å². The molecule has 1 unspecified atom stereocenters. The number of thioether (sulfide) groups is 1. The van der Waals surface area contributed by atoms with Crippen LogP contribution >= 0.6 is 11.8 Å². The van der Waals surface area contributed by atoms with Crippen LogP contribution in [0.4, 0.5) is 0 Å². The van der Waals surface area contributed by atoms with Crippen LogP contribution in [0.2, 0.25) is 0 Å². The van der Waals surface area contributed by atoms with E-state index in [1.54, 1.807) is 11.8 Å². The van der Waals surface area contributed by atoms with Crippen LogP contribution in [0.25, 0.3) is 0 Å². The first-order valence-corrected chi connectivity index (χ1v) is 6.57. The summed E-state index contributed by atoms with van der Waals surface area (Å²) in [5.74, 6) is 3.24. The Morgan fingerprint density at radius 1 is 1.53 bits per heavy atom. The smallest absolute Gasteiger partial charge is 0.233 e. The minimum Gasteiger partial charge on any atom is -0.344 e. The summed E-state index contributed by atoms with van der Waals surface area (Å²) < 4.78 is 0. The number of hydrogen-bond donors (Lipinski definition) is 1. The van der Waals surface area contributed by atoms with Crippen molar-refractivity contribution in [3.05, 3.63) is 35.4 Å². The van der Waals surface area contributed by atoms with Gasteiger partial charge < -0.3 is 5.32 Å². The molecule has 0 aliphatic heterocycles. The molecule has 1 amide bonds. The minimum atomic E-state index is -0.0806. The Hall–Kier alpha value is -1.40. The van der Waals surface area contributed by atoms with Crippen molar-refractivity contribution in [2.24, 2.45) is 0 Å². The van der Waals surface area contributed by atoms with Crippen LogP contribution in [-0.4, -0.2) is 17.7 Å². The van der Waals surface area contributed by atoms with E-state index < -0.39 is 0 Å². The van der Waals surface area contributed by atoms with Crippen LogP contribution in [0.1, 0.15) is 18.1 Å². The molecule has 1 aromatic carbocycles. The van der Waals surface area contributed by atoms with E-state index in [-0.39, 0.29) is 11.2 Å². The molecule has 0 spiro atoms. The van der Waals surface area contributed by atoms with Crippen LogP contribution < -0.4 is 5.32 Å². The molecule has 1 rings (SSSR count). The number of amides is 1. The molecule has 3 heteroatoms. The van der Waals surface area contributed by atoms with Crippen LogP contribution in [0.3, 0.4) is 0 Å². The standard InChI is InChI=1S/C14H17NOS/c1-4-9-15-14(16)12(3)17-10-13-8-6-5-7-11(13)2/h1,5-8,12H,9-10H2,2-3H3,(H,15,16). The summed E-state index contributed by atoms with van der Waals surface area (Å²) in [6.07, 6.45) is 5.09. The first kappa shape index (κ1) is 13.7. The summed E-state index contributed by atoms with van der Waals surface area (Å²) in [6, 6.07) is 8.21. The van der Waals surface area contributed by atoms with Gasteiger partial charge in [-0.2, -0.15) is 0 Å². The summed E-state index contributed by atoms with van der Waals surface area (Å²) in [5.41, 5.74) is 2.53. The van der Waals surface area contributed by atoms with Crippen molar-refractivity contribution >= 4 is 17.7 Å². The topological polar surface area (TPSA) is 29.1 Å². The molecule has 0 bridgehead atoms. The van der Waals surface area contributed by atoms with Gasteiger partial charge in [-0.1, -0.05) is 30.2 Å². The lowest BCUT2D eigenvalue weighted by Crippen LogP contribution is -2.31. The van der Waals surface area contributed by atoms with Crippen molar-refractivity contribution in [1.82, 2.24) is 5.32 Å². The predicted molar refractivity (Wildman–Crippen MR) is 73.8 cm³/mol. The van der Waals surface area contributed by atoms with E-state index in [4.69, 9.17) is 6.42 Å². The quantitative estimate of drug-likeness (QED) is 0.809. The molecule has 1 N–H and O–H groups in total. The maximum absolute atomic E-state index is 11.6. The van der Waals surface area contributed by atoms with Gasteiger partial charge in [-0.15, -0.1) is 18.2 Å². The van der Waals surface area contributed by atoms with Crippen molar-refractivity contribution in [2.75, 3.05) is 6.54 Å². The molecule has 2 nitrogen and oxygen atoms in total. The average molecular weight is 247 g/mol. The third-order valence-electron chi connectivity index (χ3n) is 2.48. The second-order valence-electron chi connectivity index (χ2n) is 3.80. The number of carbonyl (C=O) groups is 1. The molecule has 0 fully saturated rings. The first-order chi connectivity index (χ1) is 8.15. The molecule has 1 atom stereocenters. The van der Waals surface area contributed by atoms with Crippen molar-refractivity contribution in [3.63, 3.8) is 0 Å². The van der Waals surface area contributed by atoms with E-state index in [9.17, 15) is 4.79 Å². The second-order valence-corrected chi connectivity index (χ2v) is 5.13. The molecule has 0 saturated carbocycles. The van der Waals surface area contributed by atoms with Crippen LogP contribution in [0.15, 0.2) is 24.3 Å². The number of nitrogens with one attached hydrogen (secondary N) is 1. The van der Waals surface area contributed by atoms with Gasteiger partial charge in [0, 0.05) is 5.75 Å². The minimum absolute atomic E-state index is 0.00142. The fourth-order valence-electron chi connectivity index (χ4n) is 1.34. The van der Waals surface area contributed by atoms with Crippen LogP contribution in [0, 0.1) is 19.3 Å². The van der Waals surface area contributed by atoms with Crippen molar-refractivity contribution in [2.45, 2.75) is 24.9 Å². The number of hydrogen-bond acceptors (Lipinski definition) is 2. The number of benzene rings is 1. The molecule has 1 aromatic rings. The zero-order valence-corrected chi connectivity index (χ0v) is 11.0. The Labute approximate surface area is 107 Å². The molecule has 0 aliphatic carbocycles. The molecule has 0 radical (unpaired) electrons. The molecule has 0 saturated heterocycles. The molecule has 90 valence electrons. The maximum atomic E-state index is 11.6. The molecule has 0 heterocycles. The van der Waals surface area contributed by atoms with E-state index in [1.807, 2.05) is 19.1 Å². The Bertz CT molecular complexity index is 422. The zero-order chi connectivity index (χ0) is 12.7. The van der Waals surface area contributed by atoms with E-state index in [0.717, 1.165) is 5.75 Å². The highest BCUT2D eigenvalue weighted by Gasteiger charge is 2.12. The highest BCUT2D eigenvalue weighted by molar-refractivity contribution is 7.99. The van der Waals surface area contributed by atoms with Gasteiger partial charge in [0.1, 0.15) is 0 Å². The van der Waals surface area contributed by atoms with Crippen molar-refractivity contribution in [3.8, 4) is 12.3 Å². The summed E-state index contributed by atoms with van der Waals surface area (Å²) >= 11 is 1.62. The second kappa shape index (κ2) is 7.03. The van der Waals surface area contributed by atoms with E-state index in [2.05, 4.69) is 30.3 Å². The molecular weight excluding hydrogens is 230 g/mol. The highest BCUT2D eigenvalue weighted by atomic mass is 32.2. The third kappa shape index (κ3) is 4.54. The number of rotatable bonds is 5. The lowest BCUT2D eigenvalue weighted by Gasteiger charge is -2.11. The molecule has 0 aromatic heterocycles. The number of terminal acetylenes is 1. The Balaban J connectivity index is 2.43. The van der Waals surface area contributed by atoms with Gasteiger partial charge >= 0.3 is 0 Å². The first-order valence-electron chi connectivity index (χ1n) is 5.52. The summed E-state index contributed by atoms with van der Waals surface area (Å²) in [5, 5.41) is 2.61. The molecular formula is C14H17NOS. The highest BCUT2D eigenvalue weighted by Crippen LogP contribution is 2.19. The van der Waals surface area contributed by atoms with E-state index >= 15 is 0 Å². The van der Waals surface area contributed by atoms with E-state index in [0.29, 0.717) is 6.54 Å². The van der Waals surface area contributed by atoms with Gasteiger partial charge in [-0.25, -0.2) is 0 Å². The largest absolute Gasteiger partial charge is 0.344 e. The normalized spacial score (nSPS) is 11.6. The molecule has 0 aliphatic rings. The summed E-state index contributed by atoms with van der Waals surface area (Å²) in [6.45, 7) is 4.28. The lowest BCUT2D eigenvalue weighted by atomic mass is 10.1. The van der Waals surface area contributed by atoms with Gasteiger partial charge in [-0.05, 0) is 25.0 Å². The van der Waals surface area contributed by atoms with E-state index in [1.165, 1.54) is 11.1 Å². The number of aryl methyl sites for hydroxylation is 1. The zero-order valence-electron chi connectivity index (χ0n) is 10.2. The van der Waals surface area contributed by atoms with Crippen LogP contribution in [0.5, 0.6) is 0 Å². The van der Waals surface area contributed by atoms with Gasteiger partial charge in [-0.3, -0.25) is 4.79 Å². The average Bonchev–Trinajstić information content (AvgIpc) is 2.34. The lowest BCUT2D eigenvalue weighted by molar-refractivity contribution is -0.120. The monoisotopic (exact) mass is 247 g/mol. The molecule has 17 heavy (non-hydrogen) atoms. The predicted octanol–water partition coefficient (Wildman–Crippen LogP) is 2.37. The van der Waals surface area contributed by atoms with Gasteiger partial charge in [0.15, 0.2) is 0 Å². The van der Waals surface area contributed by atoms with Gasteiger partial charge in [0.25, 0.3) is 0 Å². The summed E-state index contributed by atoms with van der Waals surface area (Å²) in [7, 11) is 0. The van der Waals surface area contributed by atoms with Crippen LogP contribution in [-0.2, 0) is 10.5 Å². The number of carbonyl (C=O) groups excluding carboxylic acids is 1. The van der Waals surface area contributed by atoms with Crippen molar-refractivity contribution in [1.29, 1.82) is 0 Å². The Kier molecular flexibility index (Phi) is 5.65. The summed E-state index contributed by atoms with van der Waals surface area (Å²) in [4.78, 5) is 11.6. The SMILES string of the molecule is C#CCNC(=O)C(C)SCc1ccccc1C. The van der Waals surface area contributed by atoms with Gasteiger partial charge in [0.05, 0.1) is 11.8 Å². The Morgan fingerprint density at radius 2 is 2.24 bits per heavy atom. The van der Waals surface area contributed by atoms with Gasteiger partial charge in [0.2, 0.25) is 5.91 Å². The Morgan fingerprint density at radius 3 is 2.88 bits per heavy atom.